The van der Waals surface area contributed by atoms with Crippen molar-refractivity contribution in [2.75, 3.05) is 44.8 Å². The van der Waals surface area contributed by atoms with E-state index in [1.54, 1.807) is 19.5 Å². The van der Waals surface area contributed by atoms with E-state index >= 15 is 0 Å². The van der Waals surface area contributed by atoms with Crippen molar-refractivity contribution in [2.24, 2.45) is 5.92 Å². The number of carbonyl (C=O) groups is 1. The molecule has 1 spiro atoms. The van der Waals surface area contributed by atoms with Crippen LogP contribution >= 0.6 is 0 Å². The molecule has 0 bridgehead atoms. The maximum atomic E-state index is 13.1. The van der Waals surface area contributed by atoms with E-state index in [1.165, 1.54) is 0 Å². The lowest BCUT2D eigenvalue weighted by atomic mass is 9.88. The van der Waals surface area contributed by atoms with Crippen LogP contribution in [0.3, 0.4) is 0 Å². The van der Waals surface area contributed by atoms with Crippen LogP contribution in [0.25, 0.3) is 0 Å². The molecule has 1 aromatic heterocycles. The Hall–Kier alpha value is -2.55. The molecule has 0 radical (unpaired) electrons. The van der Waals surface area contributed by atoms with Crippen LogP contribution < -0.4 is 4.90 Å². The maximum Gasteiger partial charge on any atom is 0.253 e. The van der Waals surface area contributed by atoms with Crippen LogP contribution in [0, 0.1) is 5.92 Å². The van der Waals surface area contributed by atoms with E-state index in [0.717, 1.165) is 18.4 Å². The third kappa shape index (κ3) is 5.34. The Labute approximate surface area is 197 Å². The van der Waals surface area contributed by atoms with Crippen molar-refractivity contribution in [3.8, 4) is 0 Å². The van der Waals surface area contributed by atoms with Gasteiger partial charge in [-0.25, -0.2) is 9.97 Å². The number of nitrogens with zero attached hydrogens (tertiary/aromatic N) is 4. The number of amides is 1. The standard InChI is InChI=1S/C25H34N4O4.H2/c1-18(2)22(30)19-5-7-20(8-6-19)23(31)28-13-9-25(10-14-28)17-29(15-21(33-25)16-32-3)24-26-11-4-12-27-24;/h4-8,11-12,18,21-22,30H,9-10,13-17H2,1-3H3;1H. The molecule has 2 aliphatic rings. The maximum absolute atomic E-state index is 13.1. The molecule has 2 aliphatic heterocycles. The number of hydrogen-bond donors (Lipinski definition) is 1. The number of rotatable bonds is 6. The minimum atomic E-state index is -0.524. The number of ether oxygens (including phenoxy) is 2. The summed E-state index contributed by atoms with van der Waals surface area (Å²) >= 11 is 0. The second kappa shape index (κ2) is 10.2. The quantitative estimate of drug-likeness (QED) is 0.715. The van der Waals surface area contributed by atoms with Gasteiger partial charge in [-0.3, -0.25) is 4.79 Å². The third-order valence-corrected chi connectivity index (χ3v) is 6.60. The van der Waals surface area contributed by atoms with Crippen molar-refractivity contribution in [1.82, 2.24) is 14.9 Å². The van der Waals surface area contributed by atoms with Gasteiger partial charge in [0.1, 0.15) is 0 Å². The van der Waals surface area contributed by atoms with Gasteiger partial charge in [0.05, 0.1) is 31.0 Å². The van der Waals surface area contributed by atoms with Crippen molar-refractivity contribution in [3.63, 3.8) is 0 Å². The lowest BCUT2D eigenvalue weighted by Crippen LogP contribution is -2.61. The fourth-order valence-corrected chi connectivity index (χ4v) is 4.75. The average Bonchev–Trinajstić information content (AvgIpc) is 2.84. The number of benzene rings is 1. The second-order valence-electron chi connectivity index (χ2n) is 9.41. The molecule has 2 saturated heterocycles. The SMILES string of the molecule is COCC1CN(c2ncccn2)CC2(CCN(C(=O)c3ccc(C(O)C(C)C)cc3)CC2)O1.[HH]. The summed E-state index contributed by atoms with van der Waals surface area (Å²) in [6, 6.07) is 9.13. The van der Waals surface area contributed by atoms with Gasteiger partial charge in [0.25, 0.3) is 5.91 Å². The number of anilines is 1. The molecule has 3 heterocycles. The van der Waals surface area contributed by atoms with Crippen LogP contribution in [0.1, 0.15) is 50.1 Å². The molecule has 33 heavy (non-hydrogen) atoms. The predicted octanol–water partition coefficient (Wildman–Crippen LogP) is 2.94. The summed E-state index contributed by atoms with van der Waals surface area (Å²) < 4.78 is 11.9. The molecule has 0 saturated carbocycles. The molecule has 0 aliphatic carbocycles. The number of carbonyl (C=O) groups excluding carboxylic acids is 1. The molecular formula is C25H36N4O4. The van der Waals surface area contributed by atoms with Gasteiger partial charge in [0.15, 0.2) is 0 Å². The fourth-order valence-electron chi connectivity index (χ4n) is 4.75. The Morgan fingerprint density at radius 1 is 1.24 bits per heavy atom. The molecular weight excluding hydrogens is 420 g/mol. The molecule has 1 amide bonds. The van der Waals surface area contributed by atoms with Crippen LogP contribution in [-0.2, 0) is 9.47 Å². The summed E-state index contributed by atoms with van der Waals surface area (Å²) in [5.41, 5.74) is 1.12. The normalized spacial score (nSPS) is 21.4. The van der Waals surface area contributed by atoms with Gasteiger partial charge in [-0.05, 0) is 42.5 Å². The van der Waals surface area contributed by atoms with Crippen LogP contribution in [0.4, 0.5) is 5.95 Å². The van der Waals surface area contributed by atoms with Gasteiger partial charge in [-0.15, -0.1) is 0 Å². The van der Waals surface area contributed by atoms with Gasteiger partial charge >= 0.3 is 0 Å². The topological polar surface area (TPSA) is 88.0 Å². The molecule has 8 heteroatoms. The highest BCUT2D eigenvalue weighted by Crippen LogP contribution is 2.34. The zero-order valence-corrected chi connectivity index (χ0v) is 19.7. The van der Waals surface area contributed by atoms with E-state index in [-0.39, 0.29) is 25.0 Å². The van der Waals surface area contributed by atoms with Crippen LogP contribution in [0.5, 0.6) is 0 Å². The van der Waals surface area contributed by atoms with Crippen molar-refractivity contribution in [2.45, 2.75) is 44.5 Å². The van der Waals surface area contributed by atoms with Gasteiger partial charge in [0.2, 0.25) is 5.95 Å². The van der Waals surface area contributed by atoms with Crippen LogP contribution in [0.2, 0.25) is 0 Å². The van der Waals surface area contributed by atoms with E-state index in [2.05, 4.69) is 14.9 Å². The lowest BCUT2D eigenvalue weighted by Gasteiger charge is -2.49. The number of aromatic nitrogens is 2. The number of piperidine rings is 1. The average molecular weight is 457 g/mol. The van der Waals surface area contributed by atoms with Gasteiger partial charge in [-0.2, -0.15) is 0 Å². The van der Waals surface area contributed by atoms with Crippen LogP contribution in [0.15, 0.2) is 42.7 Å². The summed E-state index contributed by atoms with van der Waals surface area (Å²) in [5, 5.41) is 10.2. The van der Waals surface area contributed by atoms with Gasteiger partial charge < -0.3 is 24.4 Å². The van der Waals surface area contributed by atoms with E-state index in [0.29, 0.717) is 44.3 Å². The Bertz CT molecular complexity index is 920. The molecule has 180 valence electrons. The molecule has 2 atom stereocenters. The first-order valence-corrected chi connectivity index (χ1v) is 11.7. The highest BCUT2D eigenvalue weighted by atomic mass is 16.5. The summed E-state index contributed by atoms with van der Waals surface area (Å²) in [6.45, 7) is 7.07. The third-order valence-electron chi connectivity index (χ3n) is 6.60. The lowest BCUT2D eigenvalue weighted by molar-refractivity contribution is -0.145. The first-order valence-electron chi connectivity index (χ1n) is 11.7. The Kier molecular flexibility index (Phi) is 7.26. The molecule has 1 N–H and O–H groups in total. The first kappa shape index (κ1) is 23.6. The number of aliphatic hydroxyl groups excluding tert-OH is 1. The largest absolute Gasteiger partial charge is 0.388 e. The van der Waals surface area contributed by atoms with E-state index < -0.39 is 6.10 Å². The Balaban J connectivity index is 0.00000324. The van der Waals surface area contributed by atoms with E-state index in [1.807, 2.05) is 49.1 Å². The molecule has 8 nitrogen and oxygen atoms in total. The van der Waals surface area contributed by atoms with Gasteiger partial charge in [-0.1, -0.05) is 26.0 Å². The van der Waals surface area contributed by atoms with Crippen molar-refractivity contribution in [3.05, 3.63) is 53.9 Å². The summed E-state index contributed by atoms with van der Waals surface area (Å²) in [6.07, 6.45) is 4.39. The summed E-state index contributed by atoms with van der Waals surface area (Å²) in [7, 11) is 1.68. The molecule has 2 aromatic rings. The number of methoxy groups -OCH3 is 1. The number of morpholine rings is 1. The molecule has 2 unspecified atom stereocenters. The number of hydrogen-bond acceptors (Lipinski definition) is 7. The zero-order valence-electron chi connectivity index (χ0n) is 19.7. The summed E-state index contributed by atoms with van der Waals surface area (Å²) in [5.74, 6) is 0.842. The monoisotopic (exact) mass is 456 g/mol. The summed E-state index contributed by atoms with van der Waals surface area (Å²) in [4.78, 5) is 26.0. The minimum absolute atomic E-state index is 0. The number of likely N-dealkylation sites (tertiary alicyclic amines) is 1. The zero-order chi connectivity index (χ0) is 23.4. The fraction of sp³-hybridized carbons (Fsp3) is 0.560. The molecule has 2 fully saturated rings. The molecule has 4 rings (SSSR count). The highest BCUT2D eigenvalue weighted by Gasteiger charge is 2.44. The first-order chi connectivity index (χ1) is 15.9. The number of aliphatic hydroxyl groups is 1. The van der Waals surface area contributed by atoms with Crippen LogP contribution in [-0.4, -0.2) is 77.5 Å². The highest BCUT2D eigenvalue weighted by molar-refractivity contribution is 5.94. The Morgan fingerprint density at radius 3 is 2.52 bits per heavy atom. The second-order valence-corrected chi connectivity index (χ2v) is 9.41. The Morgan fingerprint density at radius 2 is 1.91 bits per heavy atom. The minimum Gasteiger partial charge on any atom is -0.388 e. The van der Waals surface area contributed by atoms with Crippen molar-refractivity contribution in [1.29, 1.82) is 0 Å². The van der Waals surface area contributed by atoms with Gasteiger partial charge in [0, 0.05) is 46.1 Å². The smallest absolute Gasteiger partial charge is 0.253 e. The van der Waals surface area contributed by atoms with E-state index in [4.69, 9.17) is 9.47 Å². The van der Waals surface area contributed by atoms with Crippen molar-refractivity contribution >= 4 is 11.9 Å². The van der Waals surface area contributed by atoms with Crippen molar-refractivity contribution < 1.29 is 20.8 Å². The van der Waals surface area contributed by atoms with E-state index in [9.17, 15) is 9.90 Å². The predicted molar refractivity (Wildman–Crippen MR) is 127 cm³/mol. The molecule has 1 aromatic carbocycles.